The van der Waals surface area contributed by atoms with Gasteiger partial charge in [-0.2, -0.15) is 0 Å². The Bertz CT molecular complexity index is 757. The molecule has 2 aliphatic rings. The summed E-state index contributed by atoms with van der Waals surface area (Å²) in [5, 5.41) is 0. The van der Waals surface area contributed by atoms with Crippen LogP contribution in [0.1, 0.15) is 115 Å². The molecule has 0 heterocycles. The molecule has 36 heavy (non-hydrogen) atoms. The van der Waals surface area contributed by atoms with Crippen LogP contribution in [0.2, 0.25) is 0 Å². The summed E-state index contributed by atoms with van der Waals surface area (Å²) >= 11 is 0. The van der Waals surface area contributed by atoms with E-state index in [1.54, 1.807) is 13.8 Å². The van der Waals surface area contributed by atoms with Gasteiger partial charge < -0.3 is 9.47 Å². The first kappa shape index (κ1) is 28.6. The first-order valence-corrected chi connectivity index (χ1v) is 14.0. The first-order valence-electron chi connectivity index (χ1n) is 14.0. The maximum Gasteiger partial charge on any atom is 0.341 e. The normalized spacial score (nSPS) is 27.9. The third kappa shape index (κ3) is 7.52. The van der Waals surface area contributed by atoms with Gasteiger partial charge in [-0.1, -0.05) is 64.8 Å². The maximum atomic E-state index is 14.1. The van der Waals surface area contributed by atoms with Crippen molar-refractivity contribution in [1.82, 2.24) is 0 Å². The zero-order valence-electron chi connectivity index (χ0n) is 22.4. The van der Waals surface area contributed by atoms with Gasteiger partial charge in [0.05, 0.1) is 0 Å². The Labute approximate surface area is 215 Å². The highest BCUT2D eigenvalue weighted by Gasteiger charge is 2.32. The molecule has 4 nitrogen and oxygen atoms in total. The van der Waals surface area contributed by atoms with E-state index in [4.69, 9.17) is 9.47 Å². The van der Waals surface area contributed by atoms with Crippen LogP contribution in [-0.2, 0) is 19.1 Å². The Balaban J connectivity index is 1.43. The summed E-state index contributed by atoms with van der Waals surface area (Å²) in [6, 6.07) is 8.83. The van der Waals surface area contributed by atoms with Crippen LogP contribution >= 0.6 is 0 Å². The SMILES string of the molecule is CC[C@H](C)[C@H](F)C(=O)O[C@H]1CC[C@H](c2ccc([C@H]3CC[C@H](OC(=O)[C@@H](F)[C@@H](C)CC)CC3)cc2)CC1. The lowest BCUT2D eigenvalue weighted by Crippen LogP contribution is -2.31. The monoisotopic (exact) mass is 506 g/mol. The van der Waals surface area contributed by atoms with E-state index < -0.39 is 24.3 Å². The van der Waals surface area contributed by atoms with E-state index in [0.29, 0.717) is 24.7 Å². The molecule has 0 N–H and O–H groups in total. The van der Waals surface area contributed by atoms with E-state index in [-0.39, 0.29) is 24.0 Å². The van der Waals surface area contributed by atoms with Gasteiger partial charge in [0, 0.05) is 0 Å². The van der Waals surface area contributed by atoms with Crippen molar-refractivity contribution < 1.29 is 27.8 Å². The van der Waals surface area contributed by atoms with E-state index >= 15 is 0 Å². The van der Waals surface area contributed by atoms with Gasteiger partial charge in [-0.05, 0) is 86.2 Å². The second-order valence-corrected chi connectivity index (χ2v) is 11.1. The van der Waals surface area contributed by atoms with Crippen LogP contribution in [0.3, 0.4) is 0 Å². The number of halogens is 2. The molecule has 1 aromatic rings. The lowest BCUT2D eigenvalue weighted by Gasteiger charge is -2.31. The van der Waals surface area contributed by atoms with Crippen molar-refractivity contribution in [3.05, 3.63) is 35.4 Å². The van der Waals surface area contributed by atoms with Gasteiger partial charge >= 0.3 is 11.9 Å². The van der Waals surface area contributed by atoms with Crippen molar-refractivity contribution in [2.75, 3.05) is 0 Å². The van der Waals surface area contributed by atoms with E-state index in [1.165, 1.54) is 11.1 Å². The molecule has 0 radical (unpaired) electrons. The fourth-order valence-corrected chi connectivity index (χ4v) is 5.41. The molecule has 0 saturated heterocycles. The number of ether oxygens (including phenoxy) is 2. The second kappa shape index (κ2) is 13.5. The minimum Gasteiger partial charge on any atom is -0.460 e. The predicted octanol–water partition coefficient (Wildman–Crippen LogP) is 7.59. The minimum absolute atomic E-state index is 0.183. The van der Waals surface area contributed by atoms with E-state index in [1.807, 2.05) is 13.8 Å². The van der Waals surface area contributed by atoms with Crippen molar-refractivity contribution in [2.45, 2.75) is 128 Å². The summed E-state index contributed by atoms with van der Waals surface area (Å²) in [6.07, 6.45) is 4.60. The summed E-state index contributed by atoms with van der Waals surface area (Å²) in [5.41, 5.74) is 2.60. The van der Waals surface area contributed by atoms with Gasteiger partial charge in [-0.15, -0.1) is 0 Å². The Kier molecular flexibility index (Phi) is 10.7. The molecule has 2 fully saturated rings. The first-order chi connectivity index (χ1) is 17.2. The minimum atomic E-state index is -1.53. The third-order valence-electron chi connectivity index (χ3n) is 8.53. The van der Waals surface area contributed by atoms with Gasteiger partial charge in [-0.25, -0.2) is 18.4 Å². The molecular weight excluding hydrogens is 462 g/mol. The molecule has 0 aromatic heterocycles. The summed E-state index contributed by atoms with van der Waals surface area (Å²) in [5.74, 6) is -1.18. The van der Waals surface area contributed by atoms with E-state index in [9.17, 15) is 18.4 Å². The highest BCUT2D eigenvalue weighted by molar-refractivity contribution is 5.75. The van der Waals surface area contributed by atoms with E-state index in [0.717, 1.165) is 51.4 Å². The van der Waals surface area contributed by atoms with Gasteiger partial charge in [0.15, 0.2) is 12.3 Å². The summed E-state index contributed by atoms with van der Waals surface area (Å²) < 4.78 is 39.1. The van der Waals surface area contributed by atoms with Crippen molar-refractivity contribution in [3.8, 4) is 0 Å². The second-order valence-electron chi connectivity index (χ2n) is 11.1. The molecular formula is C30H44F2O4. The molecule has 6 heteroatoms. The van der Waals surface area contributed by atoms with Crippen molar-refractivity contribution in [3.63, 3.8) is 0 Å². The number of esters is 2. The molecule has 0 spiro atoms. The van der Waals surface area contributed by atoms with Crippen LogP contribution in [0.15, 0.2) is 24.3 Å². The van der Waals surface area contributed by atoms with Crippen molar-refractivity contribution >= 4 is 11.9 Å². The Morgan fingerprint density at radius 2 is 1.00 bits per heavy atom. The Hall–Kier alpha value is -1.98. The van der Waals surface area contributed by atoms with Gasteiger partial charge in [0.2, 0.25) is 0 Å². The summed E-state index contributed by atoms with van der Waals surface area (Å²) in [7, 11) is 0. The standard InChI is InChI=1S/C30H44F2O4/c1-5-19(3)27(31)29(33)35-25-15-11-23(12-16-25)21-7-9-22(10-8-21)24-13-17-26(18-14-24)36-30(34)28(32)20(4)6-2/h7-10,19-20,23-28H,5-6,11-18H2,1-4H3/t19-,20-,23-,24-,25-,26-,27-,28-/m0/s1. The number of alkyl halides is 2. The molecule has 0 unspecified atom stereocenters. The number of hydrogen-bond acceptors (Lipinski definition) is 4. The van der Waals surface area contributed by atoms with Gasteiger partial charge in [-0.3, -0.25) is 0 Å². The molecule has 2 saturated carbocycles. The Morgan fingerprint density at radius 3 is 1.28 bits per heavy atom. The summed E-state index contributed by atoms with van der Waals surface area (Å²) in [6.45, 7) is 7.23. The van der Waals surface area contributed by atoms with Crippen molar-refractivity contribution in [1.29, 1.82) is 0 Å². The summed E-state index contributed by atoms with van der Waals surface area (Å²) in [4.78, 5) is 24.1. The molecule has 1 aromatic carbocycles. The molecule has 0 aliphatic heterocycles. The average molecular weight is 507 g/mol. The molecule has 4 atom stereocenters. The number of rotatable bonds is 10. The zero-order chi connectivity index (χ0) is 26.2. The topological polar surface area (TPSA) is 52.6 Å². The van der Waals surface area contributed by atoms with E-state index in [2.05, 4.69) is 24.3 Å². The molecule has 0 amide bonds. The largest absolute Gasteiger partial charge is 0.460 e. The quantitative estimate of drug-likeness (QED) is 0.307. The lowest BCUT2D eigenvalue weighted by atomic mass is 9.80. The number of benzene rings is 1. The third-order valence-corrected chi connectivity index (χ3v) is 8.53. The van der Waals surface area contributed by atoms with Crippen LogP contribution in [0.25, 0.3) is 0 Å². The average Bonchev–Trinajstić information content (AvgIpc) is 2.92. The van der Waals surface area contributed by atoms with Crippen LogP contribution in [0, 0.1) is 11.8 Å². The number of carbonyl (C=O) groups is 2. The number of hydrogen-bond donors (Lipinski definition) is 0. The molecule has 3 rings (SSSR count). The smallest absolute Gasteiger partial charge is 0.341 e. The highest BCUT2D eigenvalue weighted by Crippen LogP contribution is 2.38. The molecule has 2 aliphatic carbocycles. The van der Waals surface area contributed by atoms with Crippen molar-refractivity contribution in [2.24, 2.45) is 11.8 Å². The predicted molar refractivity (Wildman–Crippen MR) is 137 cm³/mol. The molecule has 202 valence electrons. The fraction of sp³-hybridized carbons (Fsp3) is 0.733. The zero-order valence-corrected chi connectivity index (χ0v) is 22.4. The number of carbonyl (C=O) groups excluding carboxylic acids is 2. The van der Waals surface area contributed by atoms with Crippen LogP contribution in [-0.4, -0.2) is 36.5 Å². The van der Waals surface area contributed by atoms with Crippen LogP contribution in [0.4, 0.5) is 8.78 Å². The highest BCUT2D eigenvalue weighted by atomic mass is 19.1. The molecule has 0 bridgehead atoms. The lowest BCUT2D eigenvalue weighted by molar-refractivity contribution is -0.159. The van der Waals surface area contributed by atoms with Crippen LogP contribution < -0.4 is 0 Å². The Morgan fingerprint density at radius 1 is 0.694 bits per heavy atom. The van der Waals surface area contributed by atoms with Gasteiger partial charge in [0.1, 0.15) is 12.2 Å². The van der Waals surface area contributed by atoms with Gasteiger partial charge in [0.25, 0.3) is 0 Å². The maximum absolute atomic E-state index is 14.1. The van der Waals surface area contributed by atoms with Crippen LogP contribution in [0.5, 0.6) is 0 Å². The fourth-order valence-electron chi connectivity index (χ4n) is 5.41.